The Labute approximate surface area is 186 Å². The van der Waals surface area contributed by atoms with Crippen LogP contribution in [0.15, 0.2) is 29.1 Å². The average Bonchev–Trinajstić information content (AvgIpc) is 3.43. The lowest BCUT2D eigenvalue weighted by atomic mass is 9.94. The zero-order valence-electron chi connectivity index (χ0n) is 18.6. The third-order valence-corrected chi connectivity index (χ3v) is 6.42. The van der Waals surface area contributed by atoms with Gasteiger partial charge in [0.15, 0.2) is 0 Å². The van der Waals surface area contributed by atoms with E-state index in [1.165, 1.54) is 16.8 Å². The number of hydrogen-bond donors (Lipinski definition) is 2. The summed E-state index contributed by atoms with van der Waals surface area (Å²) in [6, 6.07) is 6.01. The van der Waals surface area contributed by atoms with E-state index < -0.39 is 0 Å². The summed E-state index contributed by atoms with van der Waals surface area (Å²) < 4.78 is 21.5. The van der Waals surface area contributed by atoms with Gasteiger partial charge in [-0.1, -0.05) is 12.1 Å². The summed E-state index contributed by atoms with van der Waals surface area (Å²) in [6.45, 7) is 4.65. The Bertz CT molecular complexity index is 981. The molecule has 174 valence electrons. The molecular weight excluding hydrogens is 415 g/mol. The standard InChI is InChI=1S/C22H31FN6O3/c1-3-28-20(26-29(22(28)31)12-13-32-2)16-8-10-27(11-9-16)21(30)19-14-18(24-25-19)15-4-6-17(23)7-5-15/h4-7,16,18-19,24-25H,3,8-14H2,1-2H3. The number of carbonyl (C=O) groups is 1. The number of likely N-dealkylation sites (tertiary alicyclic amines) is 1. The van der Waals surface area contributed by atoms with Crippen LogP contribution < -0.4 is 16.5 Å². The van der Waals surface area contributed by atoms with Crippen LogP contribution in [0.3, 0.4) is 0 Å². The van der Waals surface area contributed by atoms with Crippen molar-refractivity contribution in [1.29, 1.82) is 0 Å². The van der Waals surface area contributed by atoms with Gasteiger partial charge in [0.05, 0.1) is 13.2 Å². The topological polar surface area (TPSA) is 93.4 Å². The molecule has 2 aliphatic heterocycles. The molecular formula is C22H31FN6O3. The molecule has 2 fully saturated rings. The highest BCUT2D eigenvalue weighted by atomic mass is 19.1. The molecule has 1 aromatic heterocycles. The van der Waals surface area contributed by atoms with Crippen molar-refractivity contribution in [2.45, 2.75) is 57.3 Å². The molecule has 2 aliphatic rings. The average molecular weight is 447 g/mol. The maximum atomic E-state index is 13.2. The second-order valence-electron chi connectivity index (χ2n) is 8.38. The highest BCUT2D eigenvalue weighted by Gasteiger charge is 2.35. The fraction of sp³-hybridized carbons (Fsp3) is 0.591. The Morgan fingerprint density at radius 3 is 2.59 bits per heavy atom. The van der Waals surface area contributed by atoms with E-state index in [1.54, 1.807) is 23.8 Å². The van der Waals surface area contributed by atoms with Gasteiger partial charge in [-0.2, -0.15) is 5.10 Å². The first-order valence-corrected chi connectivity index (χ1v) is 11.2. The van der Waals surface area contributed by atoms with Gasteiger partial charge in [-0.05, 0) is 43.9 Å². The van der Waals surface area contributed by atoms with E-state index in [0.29, 0.717) is 39.2 Å². The monoisotopic (exact) mass is 446 g/mol. The summed E-state index contributed by atoms with van der Waals surface area (Å²) in [5, 5.41) is 4.57. The predicted octanol–water partition coefficient (Wildman–Crippen LogP) is 1.16. The Kier molecular flexibility index (Phi) is 7.02. The largest absolute Gasteiger partial charge is 0.383 e. The number of ether oxygens (including phenoxy) is 1. The van der Waals surface area contributed by atoms with Crippen LogP contribution in [0.4, 0.5) is 4.39 Å². The minimum Gasteiger partial charge on any atom is -0.383 e. The van der Waals surface area contributed by atoms with Crippen molar-refractivity contribution in [2.24, 2.45) is 0 Å². The highest BCUT2D eigenvalue weighted by Crippen LogP contribution is 2.28. The molecule has 1 aromatic carbocycles. The lowest BCUT2D eigenvalue weighted by molar-refractivity contribution is -0.134. The van der Waals surface area contributed by atoms with Gasteiger partial charge < -0.3 is 9.64 Å². The smallest absolute Gasteiger partial charge is 0.345 e. The van der Waals surface area contributed by atoms with E-state index in [-0.39, 0.29) is 35.4 Å². The molecule has 10 heteroatoms. The van der Waals surface area contributed by atoms with Crippen molar-refractivity contribution >= 4 is 5.91 Å². The van der Waals surface area contributed by atoms with Gasteiger partial charge in [0, 0.05) is 38.7 Å². The predicted molar refractivity (Wildman–Crippen MR) is 116 cm³/mol. The first kappa shape index (κ1) is 22.6. The van der Waals surface area contributed by atoms with Crippen molar-refractivity contribution in [2.75, 3.05) is 26.8 Å². The maximum Gasteiger partial charge on any atom is 0.345 e. The molecule has 0 bridgehead atoms. The molecule has 3 heterocycles. The summed E-state index contributed by atoms with van der Waals surface area (Å²) >= 11 is 0. The second-order valence-corrected chi connectivity index (χ2v) is 8.38. The summed E-state index contributed by atoms with van der Waals surface area (Å²) in [4.78, 5) is 27.5. The number of methoxy groups -OCH3 is 1. The van der Waals surface area contributed by atoms with Crippen molar-refractivity contribution in [3.63, 3.8) is 0 Å². The lowest BCUT2D eigenvalue weighted by Crippen LogP contribution is -2.48. The molecule has 9 nitrogen and oxygen atoms in total. The number of nitrogens with one attached hydrogen (secondary N) is 2. The molecule has 1 amide bonds. The van der Waals surface area contributed by atoms with Crippen LogP contribution in [-0.4, -0.2) is 58.0 Å². The minimum atomic E-state index is -0.316. The number of aromatic nitrogens is 3. The number of piperidine rings is 1. The van der Waals surface area contributed by atoms with Gasteiger partial charge in [-0.3, -0.25) is 9.36 Å². The van der Waals surface area contributed by atoms with Crippen LogP contribution in [0.5, 0.6) is 0 Å². The van der Waals surface area contributed by atoms with Crippen LogP contribution in [0.1, 0.15) is 49.5 Å². The Morgan fingerprint density at radius 2 is 1.94 bits per heavy atom. The number of amides is 1. The first-order valence-electron chi connectivity index (χ1n) is 11.2. The zero-order valence-corrected chi connectivity index (χ0v) is 18.6. The summed E-state index contributed by atoms with van der Waals surface area (Å²) in [7, 11) is 1.60. The van der Waals surface area contributed by atoms with Crippen molar-refractivity contribution in [1.82, 2.24) is 30.1 Å². The Balaban J connectivity index is 1.35. The van der Waals surface area contributed by atoms with Gasteiger partial charge in [-0.25, -0.2) is 24.7 Å². The Morgan fingerprint density at radius 1 is 1.22 bits per heavy atom. The SMILES string of the molecule is CCn1c(C2CCN(C(=O)C3CC(c4ccc(F)cc4)NN3)CC2)nn(CCOC)c1=O. The lowest BCUT2D eigenvalue weighted by Gasteiger charge is -2.33. The molecule has 0 saturated carbocycles. The van der Waals surface area contributed by atoms with E-state index in [0.717, 1.165) is 24.2 Å². The summed E-state index contributed by atoms with van der Waals surface area (Å²) in [6.07, 6.45) is 2.16. The molecule has 0 spiro atoms. The number of hydrazine groups is 1. The molecule has 2 saturated heterocycles. The van der Waals surface area contributed by atoms with Crippen LogP contribution >= 0.6 is 0 Å². The van der Waals surface area contributed by atoms with Crippen LogP contribution in [0.25, 0.3) is 0 Å². The molecule has 0 aliphatic carbocycles. The summed E-state index contributed by atoms with van der Waals surface area (Å²) in [5.74, 6) is 0.751. The van der Waals surface area contributed by atoms with E-state index in [4.69, 9.17) is 4.74 Å². The van der Waals surface area contributed by atoms with Gasteiger partial charge in [0.25, 0.3) is 0 Å². The molecule has 4 rings (SSSR count). The number of carbonyl (C=O) groups excluding carboxylic acids is 1. The molecule has 32 heavy (non-hydrogen) atoms. The van der Waals surface area contributed by atoms with E-state index in [1.807, 2.05) is 11.8 Å². The number of nitrogens with zero attached hydrogens (tertiary/aromatic N) is 4. The fourth-order valence-corrected chi connectivity index (χ4v) is 4.59. The first-order chi connectivity index (χ1) is 15.5. The van der Waals surface area contributed by atoms with E-state index in [2.05, 4.69) is 16.0 Å². The minimum absolute atomic E-state index is 0.0304. The number of benzene rings is 1. The molecule has 2 unspecified atom stereocenters. The van der Waals surface area contributed by atoms with E-state index >= 15 is 0 Å². The number of rotatable bonds is 7. The number of halogens is 1. The molecule has 2 N–H and O–H groups in total. The quantitative estimate of drug-likeness (QED) is 0.663. The summed E-state index contributed by atoms with van der Waals surface area (Å²) in [5.41, 5.74) is 7.11. The highest BCUT2D eigenvalue weighted by molar-refractivity contribution is 5.82. The van der Waals surface area contributed by atoms with Gasteiger partial charge in [0.2, 0.25) is 5.91 Å². The fourth-order valence-electron chi connectivity index (χ4n) is 4.59. The third-order valence-electron chi connectivity index (χ3n) is 6.42. The van der Waals surface area contributed by atoms with Crippen LogP contribution in [0, 0.1) is 5.82 Å². The molecule has 2 aromatic rings. The second kappa shape index (κ2) is 9.93. The third kappa shape index (κ3) is 4.62. The van der Waals surface area contributed by atoms with E-state index in [9.17, 15) is 14.0 Å². The maximum absolute atomic E-state index is 13.2. The zero-order chi connectivity index (χ0) is 22.7. The van der Waals surface area contributed by atoms with Crippen molar-refractivity contribution in [3.05, 3.63) is 52.0 Å². The van der Waals surface area contributed by atoms with Gasteiger partial charge >= 0.3 is 5.69 Å². The van der Waals surface area contributed by atoms with Crippen LogP contribution in [-0.2, 0) is 22.6 Å². The Hall–Kier alpha value is -2.56. The van der Waals surface area contributed by atoms with Crippen LogP contribution in [0.2, 0.25) is 0 Å². The number of hydrogen-bond acceptors (Lipinski definition) is 6. The van der Waals surface area contributed by atoms with Crippen molar-refractivity contribution in [3.8, 4) is 0 Å². The van der Waals surface area contributed by atoms with Gasteiger partial charge in [0.1, 0.15) is 17.7 Å². The molecule has 2 atom stereocenters. The normalized spacial score (nSPS) is 21.9. The van der Waals surface area contributed by atoms with Crippen molar-refractivity contribution < 1.29 is 13.9 Å². The van der Waals surface area contributed by atoms with Gasteiger partial charge in [-0.15, -0.1) is 0 Å². The molecule has 0 radical (unpaired) electrons.